The summed E-state index contributed by atoms with van der Waals surface area (Å²) in [6.45, 7) is 0. The van der Waals surface area contributed by atoms with Gasteiger partial charge in [0, 0.05) is 5.92 Å². The minimum atomic E-state index is -0.555. The van der Waals surface area contributed by atoms with E-state index in [2.05, 4.69) is 4.98 Å². The van der Waals surface area contributed by atoms with Crippen molar-refractivity contribution in [2.24, 2.45) is 0 Å². The second kappa shape index (κ2) is 6.99. The first-order valence-electron chi connectivity index (χ1n) is 8.66. The first-order valence-corrected chi connectivity index (χ1v) is 8.66. The van der Waals surface area contributed by atoms with Gasteiger partial charge in [-0.2, -0.15) is 0 Å². The summed E-state index contributed by atoms with van der Waals surface area (Å²) in [5.41, 5.74) is 3.01. The highest BCUT2D eigenvalue weighted by Gasteiger charge is 2.36. The smallest absolute Gasteiger partial charge is 0.358 e. The molecule has 0 amide bonds. The van der Waals surface area contributed by atoms with Gasteiger partial charge < -0.3 is 10.1 Å². The van der Waals surface area contributed by atoms with Crippen molar-refractivity contribution in [3.05, 3.63) is 101 Å². The predicted molar refractivity (Wildman–Crippen MR) is 101 cm³/mol. The van der Waals surface area contributed by atoms with E-state index in [0.29, 0.717) is 6.42 Å². The quantitative estimate of drug-likeness (QED) is 0.517. The number of carbonyl (C=O) groups excluding carboxylic acids is 1. The molecule has 2 atom stereocenters. The fourth-order valence-corrected chi connectivity index (χ4v) is 3.64. The van der Waals surface area contributed by atoms with Crippen LogP contribution in [0.3, 0.4) is 0 Å². The van der Waals surface area contributed by atoms with Crippen LogP contribution in [0.4, 0.5) is 5.82 Å². The highest BCUT2D eigenvalue weighted by Crippen LogP contribution is 2.42. The fraction of sp³-hybridized carbons (Fsp3) is 0.143. The maximum Gasteiger partial charge on any atom is 0.381 e. The van der Waals surface area contributed by atoms with Crippen molar-refractivity contribution >= 4 is 17.2 Å². The number of imidazole rings is 1. The normalized spacial score (nSPS) is 19.6. The Balaban J connectivity index is 1.79. The summed E-state index contributed by atoms with van der Waals surface area (Å²) in [6, 6.07) is 19.0. The summed E-state index contributed by atoms with van der Waals surface area (Å²) in [4.78, 5) is 27.3. The van der Waals surface area contributed by atoms with Gasteiger partial charge in [0.05, 0.1) is 0 Å². The number of rotatable bonds is 4. The number of nitro groups is 1. The minimum Gasteiger partial charge on any atom is -0.358 e. The van der Waals surface area contributed by atoms with Gasteiger partial charge in [0.25, 0.3) is 0 Å². The fourth-order valence-electron chi connectivity index (χ4n) is 3.64. The molecule has 2 unspecified atom stereocenters. The molecule has 0 spiro atoms. The molecule has 1 heterocycles. The lowest BCUT2D eigenvalue weighted by Crippen LogP contribution is -2.28. The number of carbonyl (C=O) groups is 1. The van der Waals surface area contributed by atoms with Crippen LogP contribution in [0.2, 0.25) is 0 Å². The lowest BCUT2D eigenvalue weighted by Gasteiger charge is -2.31. The Hall–Kier alpha value is -3.54. The monoisotopic (exact) mass is 359 g/mol. The predicted octanol–water partition coefficient (Wildman–Crippen LogP) is 4.17. The first kappa shape index (κ1) is 16.9. The molecule has 1 aromatic heterocycles. The molecule has 3 aromatic rings. The number of hydrogen-bond donors (Lipinski definition) is 0. The van der Waals surface area contributed by atoms with Crippen LogP contribution in [0, 0.1) is 10.1 Å². The highest BCUT2D eigenvalue weighted by molar-refractivity contribution is 6.02. The SMILES string of the molecule is O=C1C=C(c2ccccc2)CC(c2ccccc2)C1n1cnc([N+](=O)[O-])c1. The largest absolute Gasteiger partial charge is 0.381 e. The van der Waals surface area contributed by atoms with Crippen LogP contribution in [0.5, 0.6) is 0 Å². The van der Waals surface area contributed by atoms with Gasteiger partial charge in [0.2, 0.25) is 6.33 Å². The van der Waals surface area contributed by atoms with Gasteiger partial charge in [-0.3, -0.25) is 9.36 Å². The van der Waals surface area contributed by atoms with Crippen molar-refractivity contribution < 1.29 is 9.72 Å². The molecule has 1 aliphatic rings. The maximum atomic E-state index is 13.0. The molecule has 0 radical (unpaired) electrons. The third kappa shape index (κ3) is 3.29. The first-order chi connectivity index (χ1) is 13.1. The number of hydrogen-bond acceptors (Lipinski definition) is 4. The third-order valence-corrected chi connectivity index (χ3v) is 4.90. The van der Waals surface area contributed by atoms with Crippen LogP contribution in [-0.2, 0) is 4.79 Å². The van der Waals surface area contributed by atoms with Gasteiger partial charge in [-0.05, 0) is 39.1 Å². The molecular formula is C21H17N3O3. The topological polar surface area (TPSA) is 78.0 Å². The molecular weight excluding hydrogens is 342 g/mol. The summed E-state index contributed by atoms with van der Waals surface area (Å²) in [7, 11) is 0. The Kier molecular flexibility index (Phi) is 4.38. The van der Waals surface area contributed by atoms with Gasteiger partial charge >= 0.3 is 5.82 Å². The van der Waals surface area contributed by atoms with Crippen LogP contribution in [0.1, 0.15) is 29.5 Å². The Bertz CT molecular complexity index is 1010. The van der Waals surface area contributed by atoms with Gasteiger partial charge in [-0.1, -0.05) is 60.7 Å². The molecule has 1 aliphatic carbocycles. The molecule has 0 aliphatic heterocycles. The van der Waals surface area contributed by atoms with E-state index in [1.165, 1.54) is 12.5 Å². The standard InChI is InChI=1S/C21H17N3O3/c25-19-12-17(15-7-3-1-4-8-15)11-18(16-9-5-2-6-10-16)21(19)23-13-20(22-14-23)24(26)27/h1-10,12-14,18,21H,11H2. The van der Waals surface area contributed by atoms with Crippen LogP contribution >= 0.6 is 0 Å². The van der Waals surface area contributed by atoms with Crippen molar-refractivity contribution in [3.8, 4) is 0 Å². The summed E-state index contributed by atoms with van der Waals surface area (Å²) in [5, 5.41) is 11.0. The number of aromatic nitrogens is 2. The van der Waals surface area contributed by atoms with Crippen LogP contribution in [0.25, 0.3) is 5.57 Å². The molecule has 27 heavy (non-hydrogen) atoms. The van der Waals surface area contributed by atoms with Crippen molar-refractivity contribution in [1.29, 1.82) is 0 Å². The molecule has 0 N–H and O–H groups in total. The number of allylic oxidation sites excluding steroid dienone is 2. The van der Waals surface area contributed by atoms with Crippen molar-refractivity contribution in [2.75, 3.05) is 0 Å². The molecule has 0 saturated carbocycles. The van der Waals surface area contributed by atoms with E-state index in [1.807, 2.05) is 60.7 Å². The Labute approximate surface area is 155 Å². The molecule has 134 valence electrons. The second-order valence-corrected chi connectivity index (χ2v) is 6.54. The number of ketones is 1. The van der Waals surface area contributed by atoms with Crippen LogP contribution < -0.4 is 0 Å². The van der Waals surface area contributed by atoms with Crippen molar-refractivity contribution in [1.82, 2.24) is 9.55 Å². The van der Waals surface area contributed by atoms with E-state index < -0.39 is 11.0 Å². The zero-order chi connectivity index (χ0) is 18.8. The number of nitrogens with zero attached hydrogens (tertiary/aromatic N) is 3. The van der Waals surface area contributed by atoms with Crippen LogP contribution in [0.15, 0.2) is 79.3 Å². The molecule has 0 fully saturated rings. The Morgan fingerprint density at radius 2 is 1.70 bits per heavy atom. The van der Waals surface area contributed by atoms with E-state index in [9.17, 15) is 14.9 Å². The summed E-state index contributed by atoms with van der Waals surface area (Å²) < 4.78 is 1.57. The summed E-state index contributed by atoms with van der Waals surface area (Å²) >= 11 is 0. The van der Waals surface area contributed by atoms with Crippen molar-refractivity contribution in [3.63, 3.8) is 0 Å². The second-order valence-electron chi connectivity index (χ2n) is 6.54. The third-order valence-electron chi connectivity index (χ3n) is 4.90. The van der Waals surface area contributed by atoms with E-state index in [1.54, 1.807) is 10.6 Å². The average Bonchev–Trinajstić information content (AvgIpc) is 3.19. The molecule has 0 saturated heterocycles. The lowest BCUT2D eigenvalue weighted by atomic mass is 9.77. The molecule has 6 heteroatoms. The van der Waals surface area contributed by atoms with Gasteiger partial charge in [-0.15, -0.1) is 0 Å². The average molecular weight is 359 g/mol. The van der Waals surface area contributed by atoms with E-state index >= 15 is 0 Å². The van der Waals surface area contributed by atoms with Crippen LogP contribution in [-0.4, -0.2) is 20.3 Å². The van der Waals surface area contributed by atoms with Gasteiger partial charge in [0.15, 0.2) is 5.78 Å². The zero-order valence-electron chi connectivity index (χ0n) is 14.4. The molecule has 0 bridgehead atoms. The molecule has 6 nitrogen and oxygen atoms in total. The number of benzene rings is 2. The summed E-state index contributed by atoms with van der Waals surface area (Å²) in [5.74, 6) is -0.471. The summed E-state index contributed by atoms with van der Waals surface area (Å²) in [6.07, 6.45) is 5.03. The van der Waals surface area contributed by atoms with Gasteiger partial charge in [0.1, 0.15) is 12.2 Å². The highest BCUT2D eigenvalue weighted by atomic mass is 16.6. The Morgan fingerprint density at radius 1 is 1.04 bits per heavy atom. The van der Waals surface area contributed by atoms with Gasteiger partial charge in [-0.25, -0.2) is 0 Å². The molecule has 2 aromatic carbocycles. The maximum absolute atomic E-state index is 13.0. The lowest BCUT2D eigenvalue weighted by molar-refractivity contribution is -0.389. The van der Waals surface area contributed by atoms with E-state index in [4.69, 9.17) is 0 Å². The molecule has 4 rings (SSSR count). The van der Waals surface area contributed by atoms with Crippen molar-refractivity contribution in [2.45, 2.75) is 18.4 Å². The van der Waals surface area contributed by atoms with E-state index in [0.717, 1.165) is 16.7 Å². The Morgan fingerprint density at radius 3 is 2.33 bits per heavy atom. The zero-order valence-corrected chi connectivity index (χ0v) is 14.4. The van der Waals surface area contributed by atoms with E-state index in [-0.39, 0.29) is 17.5 Å². The minimum absolute atomic E-state index is 0.0822.